The quantitative estimate of drug-likeness (QED) is 0.789. The number of likely N-dealkylation sites (N-methyl/N-ethyl adjacent to an activating group) is 1. The van der Waals surface area contributed by atoms with Crippen LogP contribution in [0.3, 0.4) is 0 Å². The standard InChI is InChI=1S/C17H22N4O4S/c1-11(12-4-5-13-14(8-12)25-7-6-24-13)21(2)9-15(22)18-17-20-19-16(26-17)10-23-3/h4-5,8,11H,6-7,9-10H2,1-3H3,(H,18,20,22)/t11-/m1/s1. The van der Waals surface area contributed by atoms with Crippen LogP contribution in [0.15, 0.2) is 18.2 Å². The number of ether oxygens (including phenoxy) is 3. The Morgan fingerprint density at radius 1 is 1.35 bits per heavy atom. The highest BCUT2D eigenvalue weighted by molar-refractivity contribution is 7.15. The fourth-order valence-corrected chi connectivity index (χ4v) is 3.31. The number of methoxy groups -OCH3 is 1. The molecule has 1 aliphatic rings. The van der Waals surface area contributed by atoms with E-state index in [1.807, 2.05) is 37.1 Å². The first-order valence-corrected chi connectivity index (χ1v) is 9.09. The van der Waals surface area contributed by atoms with Crippen molar-refractivity contribution in [2.45, 2.75) is 19.6 Å². The van der Waals surface area contributed by atoms with Crippen LogP contribution in [-0.4, -0.2) is 54.9 Å². The van der Waals surface area contributed by atoms with Crippen LogP contribution in [0.2, 0.25) is 0 Å². The van der Waals surface area contributed by atoms with Crippen molar-refractivity contribution in [2.24, 2.45) is 0 Å². The Kier molecular flexibility index (Phi) is 6.02. The summed E-state index contributed by atoms with van der Waals surface area (Å²) in [5, 5.41) is 11.9. The van der Waals surface area contributed by atoms with Crippen molar-refractivity contribution >= 4 is 22.4 Å². The average molecular weight is 378 g/mol. The van der Waals surface area contributed by atoms with Crippen molar-refractivity contribution in [3.8, 4) is 11.5 Å². The highest BCUT2D eigenvalue weighted by Gasteiger charge is 2.19. The third kappa shape index (κ3) is 4.48. The highest BCUT2D eigenvalue weighted by Crippen LogP contribution is 2.33. The van der Waals surface area contributed by atoms with Crippen LogP contribution < -0.4 is 14.8 Å². The summed E-state index contributed by atoms with van der Waals surface area (Å²) in [6.45, 7) is 3.78. The van der Waals surface area contributed by atoms with Crippen molar-refractivity contribution in [1.29, 1.82) is 0 Å². The number of carbonyl (C=O) groups excluding carboxylic acids is 1. The lowest BCUT2D eigenvalue weighted by molar-refractivity contribution is -0.117. The molecule has 1 aliphatic heterocycles. The van der Waals surface area contributed by atoms with E-state index in [-0.39, 0.29) is 18.5 Å². The number of hydrogen-bond donors (Lipinski definition) is 1. The van der Waals surface area contributed by atoms with Gasteiger partial charge in [0.2, 0.25) is 11.0 Å². The first-order valence-electron chi connectivity index (χ1n) is 8.27. The number of rotatable bonds is 7. The molecule has 8 nitrogen and oxygen atoms in total. The van der Waals surface area contributed by atoms with Gasteiger partial charge in [-0.15, -0.1) is 10.2 Å². The number of aromatic nitrogens is 2. The van der Waals surface area contributed by atoms with Gasteiger partial charge in [-0.3, -0.25) is 15.0 Å². The minimum Gasteiger partial charge on any atom is -0.486 e. The molecule has 3 rings (SSSR count). The zero-order chi connectivity index (χ0) is 18.5. The molecular formula is C17H22N4O4S. The largest absolute Gasteiger partial charge is 0.486 e. The summed E-state index contributed by atoms with van der Waals surface area (Å²) in [5.41, 5.74) is 1.06. The molecule has 9 heteroatoms. The minimum absolute atomic E-state index is 0.0371. The zero-order valence-corrected chi connectivity index (χ0v) is 15.8. The van der Waals surface area contributed by atoms with E-state index in [1.54, 1.807) is 7.11 Å². The van der Waals surface area contributed by atoms with E-state index in [0.717, 1.165) is 22.1 Å². The van der Waals surface area contributed by atoms with Gasteiger partial charge >= 0.3 is 0 Å². The first-order chi connectivity index (χ1) is 12.6. The lowest BCUT2D eigenvalue weighted by Gasteiger charge is -2.26. The van der Waals surface area contributed by atoms with E-state index >= 15 is 0 Å². The maximum Gasteiger partial charge on any atom is 0.240 e. The second-order valence-electron chi connectivity index (χ2n) is 5.98. The number of benzene rings is 1. The monoisotopic (exact) mass is 378 g/mol. The molecule has 0 bridgehead atoms. The fourth-order valence-electron chi connectivity index (χ4n) is 2.58. The second-order valence-corrected chi connectivity index (χ2v) is 7.04. The summed E-state index contributed by atoms with van der Waals surface area (Å²) in [6, 6.07) is 5.91. The molecule has 26 heavy (non-hydrogen) atoms. The van der Waals surface area contributed by atoms with E-state index in [1.165, 1.54) is 11.3 Å². The molecule has 0 aliphatic carbocycles. The third-order valence-corrected chi connectivity index (χ3v) is 4.90. The first kappa shape index (κ1) is 18.6. The molecule has 2 aromatic rings. The van der Waals surface area contributed by atoms with Gasteiger partial charge in [-0.25, -0.2) is 0 Å². The molecule has 0 unspecified atom stereocenters. The molecule has 1 amide bonds. The number of anilines is 1. The lowest BCUT2D eigenvalue weighted by Crippen LogP contribution is -2.32. The number of amides is 1. The molecule has 0 saturated heterocycles. The van der Waals surface area contributed by atoms with Gasteiger partial charge in [0.15, 0.2) is 11.5 Å². The molecule has 0 saturated carbocycles. The van der Waals surface area contributed by atoms with Crippen molar-refractivity contribution in [3.05, 3.63) is 28.8 Å². The van der Waals surface area contributed by atoms with Gasteiger partial charge in [0.25, 0.3) is 0 Å². The van der Waals surface area contributed by atoms with Crippen molar-refractivity contribution < 1.29 is 19.0 Å². The molecule has 2 heterocycles. The summed E-state index contributed by atoms with van der Waals surface area (Å²) in [7, 11) is 3.49. The summed E-state index contributed by atoms with van der Waals surface area (Å²) < 4.78 is 16.2. The predicted molar refractivity (Wildman–Crippen MR) is 97.7 cm³/mol. The van der Waals surface area contributed by atoms with Crippen molar-refractivity contribution in [3.63, 3.8) is 0 Å². The van der Waals surface area contributed by atoms with Gasteiger partial charge in [-0.1, -0.05) is 17.4 Å². The average Bonchev–Trinajstić information content (AvgIpc) is 3.07. The SMILES string of the molecule is COCc1nnc(NC(=O)CN(C)[C@H](C)c2ccc3c(c2)OCCO3)s1. The van der Waals surface area contributed by atoms with E-state index in [0.29, 0.717) is 25.0 Å². The second kappa shape index (κ2) is 8.43. The van der Waals surface area contributed by atoms with Crippen LogP contribution in [0.4, 0.5) is 5.13 Å². The fraction of sp³-hybridized carbons (Fsp3) is 0.471. The van der Waals surface area contributed by atoms with Crippen LogP contribution in [0.25, 0.3) is 0 Å². The Hall–Kier alpha value is -2.23. The molecular weight excluding hydrogens is 356 g/mol. The van der Waals surface area contributed by atoms with Crippen molar-refractivity contribution in [2.75, 3.05) is 39.2 Å². The van der Waals surface area contributed by atoms with Gasteiger partial charge < -0.3 is 14.2 Å². The van der Waals surface area contributed by atoms with Crippen LogP contribution in [0.1, 0.15) is 23.5 Å². The summed E-state index contributed by atoms with van der Waals surface area (Å²) in [5.74, 6) is 1.37. The maximum absolute atomic E-state index is 12.3. The van der Waals surface area contributed by atoms with Crippen molar-refractivity contribution in [1.82, 2.24) is 15.1 Å². The Morgan fingerprint density at radius 3 is 2.88 bits per heavy atom. The lowest BCUT2D eigenvalue weighted by atomic mass is 10.1. The zero-order valence-electron chi connectivity index (χ0n) is 15.0. The third-order valence-electron chi connectivity index (χ3n) is 4.08. The molecule has 1 aromatic carbocycles. The number of nitrogens with one attached hydrogen (secondary N) is 1. The van der Waals surface area contributed by atoms with Crippen LogP contribution in [-0.2, 0) is 16.1 Å². The Morgan fingerprint density at radius 2 is 2.12 bits per heavy atom. The van der Waals surface area contributed by atoms with E-state index in [2.05, 4.69) is 15.5 Å². The molecule has 0 spiro atoms. The van der Waals surface area contributed by atoms with Crippen LogP contribution >= 0.6 is 11.3 Å². The summed E-state index contributed by atoms with van der Waals surface area (Å²) in [4.78, 5) is 14.2. The van der Waals surface area contributed by atoms with Gasteiger partial charge in [-0.2, -0.15) is 0 Å². The predicted octanol–water partition coefficient (Wildman–Crippen LogP) is 2.09. The molecule has 1 atom stereocenters. The Labute approximate surface area is 156 Å². The number of hydrogen-bond acceptors (Lipinski definition) is 8. The van der Waals surface area contributed by atoms with Gasteiger partial charge in [-0.05, 0) is 31.7 Å². The molecule has 0 radical (unpaired) electrons. The minimum atomic E-state index is -0.142. The van der Waals surface area contributed by atoms with Gasteiger partial charge in [0.1, 0.15) is 24.8 Å². The summed E-state index contributed by atoms with van der Waals surface area (Å²) >= 11 is 1.30. The molecule has 1 aromatic heterocycles. The van der Waals surface area contributed by atoms with E-state index in [9.17, 15) is 4.79 Å². The van der Waals surface area contributed by atoms with Gasteiger partial charge in [0, 0.05) is 13.2 Å². The smallest absolute Gasteiger partial charge is 0.240 e. The van der Waals surface area contributed by atoms with Crippen LogP contribution in [0.5, 0.6) is 11.5 Å². The highest BCUT2D eigenvalue weighted by atomic mass is 32.1. The summed E-state index contributed by atoms with van der Waals surface area (Å²) in [6.07, 6.45) is 0. The van der Waals surface area contributed by atoms with Gasteiger partial charge in [0.05, 0.1) is 6.54 Å². The molecule has 140 valence electrons. The number of nitrogens with zero attached hydrogens (tertiary/aromatic N) is 3. The van der Waals surface area contributed by atoms with Crippen LogP contribution in [0, 0.1) is 0 Å². The van der Waals surface area contributed by atoms with E-state index < -0.39 is 0 Å². The number of fused-ring (bicyclic) bond motifs is 1. The maximum atomic E-state index is 12.3. The molecule has 1 N–H and O–H groups in total. The number of carbonyl (C=O) groups is 1. The van der Waals surface area contributed by atoms with E-state index in [4.69, 9.17) is 14.2 Å². The topological polar surface area (TPSA) is 85.8 Å². The Bertz CT molecular complexity index is 767. The normalized spacial score (nSPS) is 14.3. The Balaban J connectivity index is 1.57. The molecule has 0 fully saturated rings.